The molecular formula is C25H28F3N3O2. The number of amidine groups is 1. The summed E-state index contributed by atoms with van der Waals surface area (Å²) in [7, 11) is 0. The van der Waals surface area contributed by atoms with Gasteiger partial charge in [-0.05, 0) is 42.2 Å². The van der Waals surface area contributed by atoms with E-state index < -0.39 is 11.7 Å². The first kappa shape index (κ1) is 23.1. The van der Waals surface area contributed by atoms with Gasteiger partial charge >= 0.3 is 6.18 Å². The maximum atomic E-state index is 13.3. The molecule has 0 N–H and O–H groups in total. The molecule has 0 atom stereocenters. The Bertz CT molecular complexity index is 1070. The molecule has 0 unspecified atom stereocenters. The summed E-state index contributed by atoms with van der Waals surface area (Å²) in [6.45, 7) is 8.48. The van der Waals surface area contributed by atoms with Crippen LogP contribution in [0.3, 0.4) is 0 Å². The predicted molar refractivity (Wildman–Crippen MR) is 121 cm³/mol. The largest absolute Gasteiger partial charge is 0.454 e. The zero-order valence-corrected chi connectivity index (χ0v) is 19.1. The highest BCUT2D eigenvalue weighted by Gasteiger charge is 2.33. The van der Waals surface area contributed by atoms with Crippen molar-refractivity contribution in [1.82, 2.24) is 9.80 Å². The lowest BCUT2D eigenvalue weighted by atomic mass is 9.91. The van der Waals surface area contributed by atoms with Crippen LogP contribution < -0.4 is 4.74 Å². The molecule has 8 heteroatoms. The Kier molecular flexibility index (Phi) is 6.12. The maximum absolute atomic E-state index is 13.3. The third kappa shape index (κ3) is 5.31. The first-order valence-electron chi connectivity index (χ1n) is 11.1. The highest BCUT2D eigenvalue weighted by molar-refractivity contribution is 6.03. The van der Waals surface area contributed by atoms with Gasteiger partial charge in [-0.3, -0.25) is 4.79 Å². The van der Waals surface area contributed by atoms with Crippen molar-refractivity contribution < 1.29 is 22.7 Å². The van der Waals surface area contributed by atoms with E-state index in [4.69, 9.17) is 4.74 Å². The number of halogens is 3. The normalized spacial score (nSPS) is 16.7. The SMILES string of the molecule is CC(C)(C)CC(=O)N1CCCN(C2=Nc3cc(C(F)(F)F)ccc3Oc3ccccc32)CC1. The number of amides is 1. The number of para-hydroxylation sites is 1. The third-order valence-electron chi connectivity index (χ3n) is 5.69. The van der Waals surface area contributed by atoms with Gasteiger partial charge < -0.3 is 14.5 Å². The number of aliphatic imine (C=N–C) groups is 1. The molecule has 0 bridgehead atoms. The number of hydrogen-bond donors (Lipinski definition) is 0. The zero-order valence-electron chi connectivity index (χ0n) is 19.1. The fraction of sp³-hybridized carbons (Fsp3) is 0.440. The molecule has 176 valence electrons. The molecule has 1 saturated heterocycles. The Morgan fingerprint density at radius 3 is 2.48 bits per heavy atom. The molecule has 33 heavy (non-hydrogen) atoms. The fourth-order valence-corrected chi connectivity index (χ4v) is 4.09. The van der Waals surface area contributed by atoms with Crippen LogP contribution in [-0.2, 0) is 11.0 Å². The number of carbonyl (C=O) groups is 1. The van der Waals surface area contributed by atoms with E-state index in [-0.39, 0.29) is 22.8 Å². The van der Waals surface area contributed by atoms with E-state index in [0.29, 0.717) is 44.2 Å². The van der Waals surface area contributed by atoms with Gasteiger partial charge in [0.15, 0.2) is 5.75 Å². The van der Waals surface area contributed by atoms with Crippen LogP contribution >= 0.6 is 0 Å². The molecule has 2 aliphatic rings. The van der Waals surface area contributed by atoms with Crippen molar-refractivity contribution >= 4 is 17.4 Å². The minimum atomic E-state index is -4.47. The highest BCUT2D eigenvalue weighted by Crippen LogP contribution is 2.41. The number of benzene rings is 2. The molecule has 0 spiro atoms. The number of fused-ring (bicyclic) bond motifs is 2. The van der Waals surface area contributed by atoms with Gasteiger partial charge in [0.1, 0.15) is 17.3 Å². The van der Waals surface area contributed by atoms with E-state index in [0.717, 1.165) is 24.1 Å². The minimum Gasteiger partial charge on any atom is -0.454 e. The lowest BCUT2D eigenvalue weighted by molar-refractivity contribution is -0.137. The van der Waals surface area contributed by atoms with Crippen LogP contribution in [0.2, 0.25) is 0 Å². The number of alkyl halides is 3. The molecule has 5 nitrogen and oxygen atoms in total. The number of ether oxygens (including phenoxy) is 1. The summed E-state index contributed by atoms with van der Waals surface area (Å²) in [6, 6.07) is 10.7. The van der Waals surface area contributed by atoms with Crippen LogP contribution in [0.1, 0.15) is 44.7 Å². The van der Waals surface area contributed by atoms with Crippen LogP contribution in [0.4, 0.5) is 18.9 Å². The molecule has 1 amide bonds. The number of rotatable bonds is 1. The van der Waals surface area contributed by atoms with Gasteiger partial charge in [-0.15, -0.1) is 0 Å². The lowest BCUT2D eigenvalue weighted by Crippen LogP contribution is -2.38. The second-order valence-electron chi connectivity index (χ2n) is 9.67. The molecule has 0 radical (unpaired) electrons. The minimum absolute atomic E-state index is 0.0926. The Hall–Kier alpha value is -3.03. The van der Waals surface area contributed by atoms with E-state index >= 15 is 0 Å². The van der Waals surface area contributed by atoms with Crippen molar-refractivity contribution in [2.75, 3.05) is 26.2 Å². The number of nitrogens with zero attached hydrogens (tertiary/aromatic N) is 3. The first-order chi connectivity index (χ1) is 15.5. The molecule has 4 rings (SSSR count). The Balaban J connectivity index is 1.67. The van der Waals surface area contributed by atoms with E-state index in [2.05, 4.69) is 4.99 Å². The zero-order chi connectivity index (χ0) is 23.8. The second kappa shape index (κ2) is 8.72. The molecule has 2 aliphatic heterocycles. The fourth-order valence-electron chi connectivity index (χ4n) is 4.09. The molecule has 2 aromatic rings. The van der Waals surface area contributed by atoms with Crippen LogP contribution in [0.15, 0.2) is 47.5 Å². The van der Waals surface area contributed by atoms with Crippen molar-refractivity contribution in [2.45, 2.75) is 39.8 Å². The summed E-state index contributed by atoms with van der Waals surface area (Å²) < 4.78 is 45.9. The van der Waals surface area contributed by atoms with E-state index in [9.17, 15) is 18.0 Å². The summed E-state index contributed by atoms with van der Waals surface area (Å²) in [5.41, 5.74) is -0.00339. The monoisotopic (exact) mass is 459 g/mol. The van der Waals surface area contributed by atoms with Crippen molar-refractivity contribution in [3.05, 3.63) is 53.6 Å². The van der Waals surface area contributed by atoms with Crippen LogP contribution in [0.25, 0.3) is 0 Å². The van der Waals surface area contributed by atoms with Gasteiger partial charge in [0.25, 0.3) is 0 Å². The van der Waals surface area contributed by atoms with Gasteiger partial charge in [0.2, 0.25) is 5.91 Å². The second-order valence-corrected chi connectivity index (χ2v) is 9.67. The standard InChI is InChI=1S/C25H28F3N3O2/c1-24(2,3)16-22(32)30-11-6-12-31(14-13-30)23-18-7-4-5-8-20(18)33-21-10-9-17(25(26,27)28)15-19(21)29-23/h4-5,7-10,15H,6,11-14,16H2,1-3H3. The highest BCUT2D eigenvalue weighted by atomic mass is 19.4. The van der Waals surface area contributed by atoms with Crippen molar-refractivity contribution in [3.8, 4) is 11.5 Å². The van der Waals surface area contributed by atoms with Gasteiger partial charge in [-0.2, -0.15) is 13.2 Å². The molecule has 2 aromatic carbocycles. The Morgan fingerprint density at radius 1 is 1.00 bits per heavy atom. The van der Waals surface area contributed by atoms with Crippen LogP contribution in [0.5, 0.6) is 11.5 Å². The lowest BCUT2D eigenvalue weighted by Gasteiger charge is -2.27. The van der Waals surface area contributed by atoms with Crippen molar-refractivity contribution in [1.29, 1.82) is 0 Å². The topological polar surface area (TPSA) is 45.1 Å². The van der Waals surface area contributed by atoms with Crippen molar-refractivity contribution in [3.63, 3.8) is 0 Å². The molecule has 0 saturated carbocycles. The van der Waals surface area contributed by atoms with E-state index in [1.54, 1.807) is 6.07 Å². The molecule has 0 aromatic heterocycles. The summed E-state index contributed by atoms with van der Waals surface area (Å²) in [5.74, 6) is 1.51. The van der Waals surface area contributed by atoms with Crippen molar-refractivity contribution in [2.24, 2.45) is 10.4 Å². The van der Waals surface area contributed by atoms with Gasteiger partial charge in [-0.25, -0.2) is 4.99 Å². The quantitative estimate of drug-likeness (QED) is 0.537. The number of carbonyl (C=O) groups excluding carboxylic acids is 1. The smallest absolute Gasteiger partial charge is 0.416 e. The van der Waals surface area contributed by atoms with Crippen LogP contribution in [-0.4, -0.2) is 47.7 Å². The average molecular weight is 460 g/mol. The first-order valence-corrected chi connectivity index (χ1v) is 11.1. The summed E-state index contributed by atoms with van der Waals surface area (Å²) in [4.78, 5) is 21.3. The summed E-state index contributed by atoms with van der Waals surface area (Å²) in [6.07, 6.45) is -3.26. The summed E-state index contributed by atoms with van der Waals surface area (Å²) in [5, 5.41) is 0. The molecule has 0 aliphatic carbocycles. The molecule has 2 heterocycles. The van der Waals surface area contributed by atoms with Gasteiger partial charge in [0, 0.05) is 32.6 Å². The maximum Gasteiger partial charge on any atom is 0.416 e. The van der Waals surface area contributed by atoms with Gasteiger partial charge in [-0.1, -0.05) is 32.9 Å². The van der Waals surface area contributed by atoms with Crippen LogP contribution in [0, 0.1) is 5.41 Å². The Morgan fingerprint density at radius 2 is 1.76 bits per heavy atom. The van der Waals surface area contributed by atoms with Gasteiger partial charge in [0.05, 0.1) is 11.1 Å². The summed E-state index contributed by atoms with van der Waals surface area (Å²) >= 11 is 0. The van der Waals surface area contributed by atoms with E-state index in [1.165, 1.54) is 6.07 Å². The Labute approximate surface area is 191 Å². The number of hydrogen-bond acceptors (Lipinski definition) is 4. The average Bonchev–Trinajstić information content (AvgIpc) is 3.06. The van der Waals surface area contributed by atoms with E-state index in [1.807, 2.05) is 48.8 Å². The predicted octanol–water partition coefficient (Wildman–Crippen LogP) is 5.86. The molecule has 1 fully saturated rings. The third-order valence-corrected chi connectivity index (χ3v) is 5.69. The molecular weight excluding hydrogens is 431 g/mol.